The van der Waals surface area contributed by atoms with Gasteiger partial charge >= 0.3 is 5.97 Å². The molecule has 0 saturated heterocycles. The molecule has 0 radical (unpaired) electrons. The monoisotopic (exact) mass is 202 g/mol. The summed E-state index contributed by atoms with van der Waals surface area (Å²) in [6, 6.07) is 0. The molecule has 0 heterocycles. The van der Waals surface area contributed by atoms with E-state index in [1.54, 1.807) is 6.92 Å². The van der Waals surface area contributed by atoms with Crippen LogP contribution in [0.4, 0.5) is 4.39 Å². The molecular formula is C10H15FO3. The number of carbonyl (C=O) groups excluding carboxylic acids is 1. The predicted octanol–water partition coefficient (Wildman–Crippen LogP) is 1.95. The van der Waals surface area contributed by atoms with Crippen molar-refractivity contribution in [1.29, 1.82) is 0 Å². The van der Waals surface area contributed by atoms with Crippen LogP contribution >= 0.6 is 0 Å². The second kappa shape index (κ2) is 4.07. The fraction of sp³-hybridized carbons (Fsp3) is 0.800. The van der Waals surface area contributed by atoms with Gasteiger partial charge in [0.1, 0.15) is 5.78 Å². The molecule has 1 fully saturated rings. The third-order valence-corrected chi connectivity index (χ3v) is 2.97. The molecule has 1 aliphatic carbocycles. The summed E-state index contributed by atoms with van der Waals surface area (Å²) in [5.74, 6) is -1.39. The van der Waals surface area contributed by atoms with Crippen LogP contribution in [0.15, 0.2) is 0 Å². The van der Waals surface area contributed by atoms with E-state index in [1.165, 1.54) is 0 Å². The number of carboxylic acid groups (broad SMARTS) is 1. The predicted molar refractivity (Wildman–Crippen MR) is 48.7 cm³/mol. The first-order valence-electron chi connectivity index (χ1n) is 4.94. The van der Waals surface area contributed by atoms with Crippen LogP contribution in [0.3, 0.4) is 0 Å². The summed E-state index contributed by atoms with van der Waals surface area (Å²) < 4.78 is 13.5. The van der Waals surface area contributed by atoms with E-state index in [1.807, 2.05) is 0 Å². The Morgan fingerprint density at radius 1 is 1.43 bits per heavy atom. The smallest absolute Gasteiger partial charge is 0.341 e. The molecule has 0 aromatic rings. The van der Waals surface area contributed by atoms with Gasteiger partial charge in [-0.15, -0.1) is 0 Å². The highest BCUT2D eigenvalue weighted by Gasteiger charge is 2.43. The molecule has 3 nitrogen and oxygen atoms in total. The molecule has 0 aromatic heterocycles. The third-order valence-electron chi connectivity index (χ3n) is 2.97. The topological polar surface area (TPSA) is 54.4 Å². The summed E-state index contributed by atoms with van der Waals surface area (Å²) in [5.41, 5.74) is -2.09. The number of ketones is 1. The Balaban J connectivity index is 2.54. The fourth-order valence-electron chi connectivity index (χ4n) is 1.90. The zero-order valence-corrected chi connectivity index (χ0v) is 8.25. The van der Waals surface area contributed by atoms with Gasteiger partial charge in [-0.3, -0.25) is 4.79 Å². The molecule has 0 atom stereocenters. The van der Waals surface area contributed by atoms with E-state index in [2.05, 4.69) is 0 Å². The van der Waals surface area contributed by atoms with Crippen molar-refractivity contribution in [2.24, 2.45) is 5.92 Å². The van der Waals surface area contributed by atoms with Crippen molar-refractivity contribution in [3.05, 3.63) is 0 Å². The molecule has 1 N–H and O–H groups in total. The maximum atomic E-state index is 13.5. The maximum absolute atomic E-state index is 13.5. The second-order valence-corrected chi connectivity index (χ2v) is 3.86. The van der Waals surface area contributed by atoms with Crippen molar-refractivity contribution in [2.45, 2.75) is 44.7 Å². The van der Waals surface area contributed by atoms with E-state index in [9.17, 15) is 14.0 Å². The highest BCUT2D eigenvalue weighted by Crippen LogP contribution is 2.36. The molecule has 0 amide bonds. The van der Waals surface area contributed by atoms with Crippen molar-refractivity contribution >= 4 is 11.8 Å². The van der Waals surface area contributed by atoms with E-state index < -0.39 is 11.6 Å². The Morgan fingerprint density at radius 2 is 1.93 bits per heavy atom. The van der Waals surface area contributed by atoms with Crippen LogP contribution in [0.25, 0.3) is 0 Å². The van der Waals surface area contributed by atoms with Crippen LogP contribution < -0.4 is 0 Å². The standard InChI is InChI=1S/C10H15FO3/c1-2-8(12)7-3-5-10(11,6-4-7)9(13)14/h7H,2-6H2,1H3,(H,13,14)/t7-,10-. The summed E-state index contributed by atoms with van der Waals surface area (Å²) in [4.78, 5) is 21.8. The molecule has 0 aliphatic heterocycles. The van der Waals surface area contributed by atoms with E-state index in [0.717, 1.165) is 0 Å². The number of hydrogen-bond donors (Lipinski definition) is 1. The van der Waals surface area contributed by atoms with Crippen molar-refractivity contribution in [2.75, 3.05) is 0 Å². The molecule has 1 rings (SSSR count). The third kappa shape index (κ3) is 2.11. The molecule has 1 saturated carbocycles. The van der Waals surface area contributed by atoms with Crippen LogP contribution in [0.2, 0.25) is 0 Å². The highest BCUT2D eigenvalue weighted by molar-refractivity contribution is 5.82. The number of aliphatic carboxylic acids is 1. The second-order valence-electron chi connectivity index (χ2n) is 3.86. The molecule has 0 bridgehead atoms. The Bertz CT molecular complexity index is 242. The van der Waals surface area contributed by atoms with Crippen molar-refractivity contribution in [3.63, 3.8) is 0 Å². The van der Waals surface area contributed by atoms with Gasteiger partial charge in [0, 0.05) is 12.3 Å². The Kier molecular flexibility index (Phi) is 3.24. The highest BCUT2D eigenvalue weighted by atomic mass is 19.1. The molecule has 0 unspecified atom stereocenters. The lowest BCUT2D eigenvalue weighted by atomic mass is 9.78. The van der Waals surface area contributed by atoms with Crippen molar-refractivity contribution in [1.82, 2.24) is 0 Å². The molecule has 4 heteroatoms. The molecule has 1 aliphatic rings. The average Bonchev–Trinajstić information content (AvgIpc) is 2.17. The van der Waals surface area contributed by atoms with Gasteiger partial charge in [-0.05, 0) is 25.7 Å². The number of alkyl halides is 1. The minimum atomic E-state index is -2.09. The van der Waals surface area contributed by atoms with E-state index in [4.69, 9.17) is 5.11 Å². The maximum Gasteiger partial charge on any atom is 0.341 e. The number of Topliss-reactive ketones (excluding diaryl/α,β-unsaturated/α-hetero) is 1. The zero-order valence-electron chi connectivity index (χ0n) is 8.25. The lowest BCUT2D eigenvalue weighted by Crippen LogP contribution is -2.39. The van der Waals surface area contributed by atoms with Gasteiger partial charge in [0.25, 0.3) is 0 Å². The quantitative estimate of drug-likeness (QED) is 0.761. The average molecular weight is 202 g/mol. The van der Waals surface area contributed by atoms with E-state index in [0.29, 0.717) is 19.3 Å². The van der Waals surface area contributed by atoms with Crippen LogP contribution in [0.5, 0.6) is 0 Å². The first-order valence-corrected chi connectivity index (χ1v) is 4.94. The summed E-state index contributed by atoms with van der Waals surface area (Å²) in [5, 5.41) is 8.62. The number of carboxylic acids is 1. The van der Waals surface area contributed by atoms with Crippen LogP contribution in [0, 0.1) is 5.92 Å². The van der Waals surface area contributed by atoms with Gasteiger partial charge in [-0.2, -0.15) is 0 Å². The van der Waals surface area contributed by atoms with Gasteiger partial charge in [0.05, 0.1) is 0 Å². The lowest BCUT2D eigenvalue weighted by Gasteiger charge is -2.29. The van der Waals surface area contributed by atoms with Gasteiger partial charge in [-0.25, -0.2) is 9.18 Å². The molecule has 80 valence electrons. The first-order chi connectivity index (χ1) is 6.49. The van der Waals surface area contributed by atoms with Crippen LogP contribution in [-0.2, 0) is 9.59 Å². The Morgan fingerprint density at radius 3 is 2.29 bits per heavy atom. The summed E-state index contributed by atoms with van der Waals surface area (Å²) >= 11 is 0. The lowest BCUT2D eigenvalue weighted by molar-refractivity contribution is -0.154. The minimum Gasteiger partial charge on any atom is -0.479 e. The van der Waals surface area contributed by atoms with Crippen LogP contribution in [-0.4, -0.2) is 22.5 Å². The van der Waals surface area contributed by atoms with Gasteiger partial charge in [0.2, 0.25) is 5.67 Å². The Labute approximate surface area is 82.3 Å². The largest absolute Gasteiger partial charge is 0.479 e. The minimum absolute atomic E-state index is 0.0290. The van der Waals surface area contributed by atoms with Gasteiger partial charge in [-0.1, -0.05) is 6.92 Å². The van der Waals surface area contributed by atoms with Crippen LogP contribution in [0.1, 0.15) is 39.0 Å². The van der Waals surface area contributed by atoms with E-state index in [-0.39, 0.29) is 24.5 Å². The number of carbonyl (C=O) groups is 2. The van der Waals surface area contributed by atoms with Gasteiger partial charge < -0.3 is 5.11 Å². The van der Waals surface area contributed by atoms with Crippen molar-refractivity contribution < 1.29 is 19.1 Å². The summed E-state index contributed by atoms with van der Waals surface area (Å²) in [7, 11) is 0. The summed E-state index contributed by atoms with van der Waals surface area (Å²) in [6.07, 6.45) is 1.14. The number of halogens is 1. The van der Waals surface area contributed by atoms with Crippen molar-refractivity contribution in [3.8, 4) is 0 Å². The Hall–Kier alpha value is -0.930. The SMILES string of the molecule is CCC(=O)[C@H]1CC[C@@](F)(C(=O)O)CC1. The molecule has 0 spiro atoms. The van der Waals surface area contributed by atoms with E-state index >= 15 is 0 Å². The normalized spacial score (nSPS) is 32.6. The molecule has 0 aromatic carbocycles. The number of hydrogen-bond acceptors (Lipinski definition) is 2. The fourth-order valence-corrected chi connectivity index (χ4v) is 1.90. The summed E-state index contributed by atoms with van der Waals surface area (Å²) in [6.45, 7) is 1.77. The zero-order chi connectivity index (χ0) is 10.8. The number of rotatable bonds is 3. The van der Waals surface area contributed by atoms with Gasteiger partial charge in [0.15, 0.2) is 0 Å². The molecule has 14 heavy (non-hydrogen) atoms. The first kappa shape index (κ1) is 11.1. The molecular weight excluding hydrogens is 187 g/mol.